The summed E-state index contributed by atoms with van der Waals surface area (Å²) in [4.78, 5) is 13.1. The summed E-state index contributed by atoms with van der Waals surface area (Å²) in [5.41, 5.74) is 0.690. The van der Waals surface area contributed by atoms with E-state index < -0.39 is 15.6 Å². The lowest BCUT2D eigenvalue weighted by molar-refractivity contribution is 0.0921. The molecule has 2 aromatic rings. The Morgan fingerprint density at radius 1 is 1.06 bits per heavy atom. The van der Waals surface area contributed by atoms with Gasteiger partial charge in [-0.05, 0) is 63.3 Å². The first kappa shape index (κ1) is 23.3. The summed E-state index contributed by atoms with van der Waals surface area (Å²) >= 11 is 0. The Bertz CT molecular complexity index is 1010. The van der Waals surface area contributed by atoms with Gasteiger partial charge >= 0.3 is 0 Å². The molecule has 31 heavy (non-hydrogen) atoms. The van der Waals surface area contributed by atoms with Crippen molar-refractivity contribution in [3.63, 3.8) is 0 Å². The normalized spacial score (nSPS) is 16.1. The van der Waals surface area contributed by atoms with E-state index in [1.165, 1.54) is 19.2 Å². The molecule has 0 spiro atoms. The average molecular weight is 445 g/mol. The number of sulfonamides is 1. The quantitative estimate of drug-likeness (QED) is 0.661. The van der Waals surface area contributed by atoms with Gasteiger partial charge in [-0.25, -0.2) is 13.1 Å². The Morgan fingerprint density at radius 3 is 2.29 bits per heavy atom. The zero-order valence-corrected chi connectivity index (χ0v) is 19.5. The highest BCUT2D eigenvalue weighted by Crippen LogP contribution is 2.36. The molecule has 1 amide bonds. The predicted octanol–water partition coefficient (Wildman–Crippen LogP) is 4.43. The third kappa shape index (κ3) is 5.86. The second-order valence-electron chi connectivity index (χ2n) is 9.13. The lowest BCUT2D eigenvalue weighted by Crippen LogP contribution is -2.40. The Kier molecular flexibility index (Phi) is 7.06. The van der Waals surface area contributed by atoms with E-state index in [1.807, 2.05) is 30.3 Å². The van der Waals surface area contributed by atoms with Gasteiger partial charge in [-0.1, -0.05) is 43.2 Å². The third-order valence-corrected chi connectivity index (χ3v) is 7.25. The molecule has 1 saturated carbocycles. The maximum atomic E-state index is 13.2. The van der Waals surface area contributed by atoms with Crippen molar-refractivity contribution in [1.29, 1.82) is 0 Å². The molecule has 1 aliphatic carbocycles. The smallest absolute Gasteiger partial charge is 0.251 e. The maximum absolute atomic E-state index is 13.2. The Balaban J connectivity index is 1.92. The molecule has 0 aromatic heterocycles. The van der Waals surface area contributed by atoms with Crippen LogP contribution in [0.15, 0.2) is 53.4 Å². The summed E-state index contributed by atoms with van der Waals surface area (Å²) in [6.07, 6.45) is 4.45. The van der Waals surface area contributed by atoms with Gasteiger partial charge in [0.05, 0.1) is 13.2 Å². The van der Waals surface area contributed by atoms with Crippen LogP contribution in [0.4, 0.5) is 0 Å². The highest BCUT2D eigenvalue weighted by molar-refractivity contribution is 7.89. The van der Waals surface area contributed by atoms with Crippen LogP contribution in [0.2, 0.25) is 0 Å². The van der Waals surface area contributed by atoms with E-state index in [-0.39, 0.29) is 28.2 Å². The van der Waals surface area contributed by atoms with Gasteiger partial charge in [-0.15, -0.1) is 0 Å². The second-order valence-corrected chi connectivity index (χ2v) is 10.8. The number of carbonyl (C=O) groups is 1. The summed E-state index contributed by atoms with van der Waals surface area (Å²) in [6.45, 7) is 5.29. The molecular weight excluding hydrogens is 412 g/mol. The molecule has 2 aromatic carbocycles. The Labute approximate surface area is 185 Å². The molecule has 0 heterocycles. The summed E-state index contributed by atoms with van der Waals surface area (Å²) in [6, 6.07) is 14.4. The molecule has 7 heteroatoms. The molecule has 0 saturated heterocycles. The molecule has 0 bridgehead atoms. The Hall–Kier alpha value is -2.38. The molecule has 1 aliphatic rings. The highest BCUT2D eigenvalue weighted by Gasteiger charge is 2.30. The van der Waals surface area contributed by atoms with Gasteiger partial charge in [0.1, 0.15) is 10.6 Å². The van der Waals surface area contributed by atoms with E-state index in [0.717, 1.165) is 31.2 Å². The summed E-state index contributed by atoms with van der Waals surface area (Å²) < 4.78 is 33.8. The fraction of sp³-hybridized carbons (Fsp3) is 0.458. The first-order chi connectivity index (χ1) is 14.6. The Morgan fingerprint density at radius 2 is 1.71 bits per heavy atom. The molecule has 3 rings (SSSR count). The standard InChI is InChI=1S/C24H32N2O4S/c1-24(2,3)26-31(28,29)21-16-19(14-15-20(21)30-4)23(27)25-22(18-12-8-9-13-18)17-10-6-5-7-11-17/h5-7,10-11,14-16,18,22,26H,8-9,12-13H2,1-4H3,(H,25,27). The molecule has 2 N–H and O–H groups in total. The minimum absolute atomic E-state index is 0.0466. The number of ether oxygens (including phenoxy) is 1. The van der Waals surface area contributed by atoms with Crippen LogP contribution in [0.5, 0.6) is 5.75 Å². The van der Waals surface area contributed by atoms with E-state index in [4.69, 9.17) is 4.74 Å². The number of benzene rings is 2. The summed E-state index contributed by atoms with van der Waals surface area (Å²) in [5.74, 6) is 0.273. The SMILES string of the molecule is COc1ccc(C(=O)NC(c2ccccc2)C2CCCC2)cc1S(=O)(=O)NC(C)(C)C. The minimum atomic E-state index is -3.87. The summed E-state index contributed by atoms with van der Waals surface area (Å²) in [5, 5.41) is 3.16. The van der Waals surface area contributed by atoms with Crippen LogP contribution in [0.3, 0.4) is 0 Å². The summed E-state index contributed by atoms with van der Waals surface area (Å²) in [7, 11) is -2.45. The van der Waals surface area contributed by atoms with Crippen molar-refractivity contribution in [2.75, 3.05) is 7.11 Å². The molecule has 0 radical (unpaired) electrons. The third-order valence-electron chi connectivity index (χ3n) is 5.47. The number of hydrogen-bond donors (Lipinski definition) is 2. The van der Waals surface area contributed by atoms with E-state index in [0.29, 0.717) is 5.92 Å². The van der Waals surface area contributed by atoms with Crippen LogP contribution >= 0.6 is 0 Å². The first-order valence-electron chi connectivity index (χ1n) is 10.7. The fourth-order valence-electron chi connectivity index (χ4n) is 4.14. The number of nitrogens with one attached hydrogen (secondary N) is 2. The average Bonchev–Trinajstić information content (AvgIpc) is 3.24. The van der Waals surface area contributed by atoms with Crippen molar-refractivity contribution in [2.24, 2.45) is 5.92 Å². The van der Waals surface area contributed by atoms with Crippen LogP contribution in [-0.2, 0) is 10.0 Å². The highest BCUT2D eigenvalue weighted by atomic mass is 32.2. The van der Waals surface area contributed by atoms with Crippen LogP contribution in [0.1, 0.15) is 68.4 Å². The van der Waals surface area contributed by atoms with Gasteiger partial charge in [0.25, 0.3) is 5.91 Å². The molecule has 168 valence electrons. The van der Waals surface area contributed by atoms with Crippen LogP contribution in [0, 0.1) is 5.92 Å². The predicted molar refractivity (Wildman–Crippen MR) is 122 cm³/mol. The van der Waals surface area contributed by atoms with E-state index in [2.05, 4.69) is 10.0 Å². The minimum Gasteiger partial charge on any atom is -0.495 e. The number of amides is 1. The van der Waals surface area contributed by atoms with E-state index in [9.17, 15) is 13.2 Å². The molecular formula is C24H32N2O4S. The maximum Gasteiger partial charge on any atom is 0.251 e. The van der Waals surface area contributed by atoms with Gasteiger partial charge < -0.3 is 10.1 Å². The molecule has 1 fully saturated rings. The molecule has 1 unspecified atom stereocenters. The zero-order chi connectivity index (χ0) is 22.6. The number of rotatable bonds is 7. The van der Waals surface area contributed by atoms with Gasteiger partial charge in [0.15, 0.2) is 0 Å². The van der Waals surface area contributed by atoms with Gasteiger partial charge in [-0.2, -0.15) is 0 Å². The van der Waals surface area contributed by atoms with Gasteiger partial charge in [-0.3, -0.25) is 4.79 Å². The van der Waals surface area contributed by atoms with Crippen molar-refractivity contribution in [3.8, 4) is 5.75 Å². The van der Waals surface area contributed by atoms with Crippen molar-refractivity contribution in [3.05, 3.63) is 59.7 Å². The lowest BCUT2D eigenvalue weighted by Gasteiger charge is -2.26. The van der Waals surface area contributed by atoms with E-state index >= 15 is 0 Å². The first-order valence-corrected chi connectivity index (χ1v) is 12.2. The number of hydrogen-bond acceptors (Lipinski definition) is 4. The number of carbonyl (C=O) groups excluding carboxylic acids is 1. The molecule has 0 aliphatic heterocycles. The number of methoxy groups -OCH3 is 1. The van der Waals surface area contributed by atoms with Crippen molar-refractivity contribution < 1.29 is 17.9 Å². The van der Waals surface area contributed by atoms with E-state index in [1.54, 1.807) is 26.8 Å². The van der Waals surface area contributed by atoms with Crippen LogP contribution in [0.25, 0.3) is 0 Å². The fourth-order valence-corrected chi connectivity index (χ4v) is 5.75. The molecule has 6 nitrogen and oxygen atoms in total. The zero-order valence-electron chi connectivity index (χ0n) is 18.6. The van der Waals surface area contributed by atoms with Crippen molar-refractivity contribution in [1.82, 2.24) is 10.0 Å². The van der Waals surface area contributed by atoms with Crippen molar-refractivity contribution in [2.45, 2.75) is 62.9 Å². The van der Waals surface area contributed by atoms with Gasteiger partial charge in [0.2, 0.25) is 10.0 Å². The van der Waals surface area contributed by atoms with Crippen LogP contribution < -0.4 is 14.8 Å². The largest absolute Gasteiger partial charge is 0.495 e. The van der Waals surface area contributed by atoms with Crippen molar-refractivity contribution >= 4 is 15.9 Å². The van der Waals surface area contributed by atoms with Crippen LogP contribution in [-0.4, -0.2) is 27.0 Å². The topological polar surface area (TPSA) is 84.5 Å². The second kappa shape index (κ2) is 9.40. The molecule has 1 atom stereocenters. The lowest BCUT2D eigenvalue weighted by atomic mass is 9.91. The van der Waals surface area contributed by atoms with Gasteiger partial charge in [0, 0.05) is 11.1 Å². The monoisotopic (exact) mass is 444 g/mol.